The van der Waals surface area contributed by atoms with Crippen molar-refractivity contribution in [1.82, 2.24) is 14.9 Å². The molecule has 1 N–H and O–H groups in total. The lowest BCUT2D eigenvalue weighted by Gasteiger charge is -2.13. The van der Waals surface area contributed by atoms with E-state index in [2.05, 4.69) is 35.9 Å². The monoisotopic (exact) mass is 441 g/mol. The molecule has 1 heterocycles. The minimum Gasteiger partial charge on any atom is -0.493 e. The molecule has 4 rings (SSSR count). The maximum absolute atomic E-state index is 12.6. The molecule has 0 unspecified atom stereocenters. The highest BCUT2D eigenvalue weighted by molar-refractivity contribution is 5.95. The summed E-state index contributed by atoms with van der Waals surface area (Å²) in [4.78, 5) is 17.4. The van der Waals surface area contributed by atoms with E-state index in [-0.39, 0.29) is 5.91 Å². The summed E-state index contributed by atoms with van der Waals surface area (Å²) < 4.78 is 8.30. The van der Waals surface area contributed by atoms with E-state index < -0.39 is 0 Å². The van der Waals surface area contributed by atoms with Gasteiger partial charge in [0.2, 0.25) is 0 Å². The fourth-order valence-corrected chi connectivity index (χ4v) is 4.06. The first-order valence-corrected chi connectivity index (χ1v) is 11.5. The van der Waals surface area contributed by atoms with E-state index in [1.807, 2.05) is 61.5 Å². The van der Waals surface area contributed by atoms with Gasteiger partial charge in [-0.25, -0.2) is 4.98 Å². The van der Waals surface area contributed by atoms with Crippen molar-refractivity contribution in [1.29, 1.82) is 0 Å². The van der Waals surface area contributed by atoms with Crippen molar-refractivity contribution in [2.75, 3.05) is 13.2 Å². The molecule has 5 heteroatoms. The Balaban J connectivity index is 1.39. The first-order chi connectivity index (χ1) is 16.0. The van der Waals surface area contributed by atoms with Crippen molar-refractivity contribution in [3.63, 3.8) is 0 Å². The number of nitrogens with zero attached hydrogens (tertiary/aromatic N) is 2. The standard InChI is InChI=1S/C28H31N3O2/c1-20-11-8-15-26(22(20)3)33-19-9-18-31-25-14-7-6-13-24(25)30-27(31)16-17-29-28(32)23-12-5-4-10-21(23)2/h4-8,10-15H,9,16-19H2,1-3H3,(H,29,32). The van der Waals surface area contributed by atoms with Crippen molar-refractivity contribution in [3.05, 3.63) is 94.8 Å². The van der Waals surface area contributed by atoms with E-state index in [1.54, 1.807) is 0 Å². The maximum atomic E-state index is 12.6. The lowest BCUT2D eigenvalue weighted by atomic mass is 10.1. The van der Waals surface area contributed by atoms with E-state index in [0.717, 1.165) is 46.7 Å². The molecular weight excluding hydrogens is 410 g/mol. The average Bonchev–Trinajstić information content (AvgIpc) is 3.17. The molecule has 0 aliphatic rings. The smallest absolute Gasteiger partial charge is 0.251 e. The minimum absolute atomic E-state index is 0.0438. The molecule has 0 bridgehead atoms. The molecule has 0 spiro atoms. The molecule has 0 aliphatic heterocycles. The van der Waals surface area contributed by atoms with E-state index in [0.29, 0.717) is 19.6 Å². The van der Waals surface area contributed by atoms with E-state index >= 15 is 0 Å². The largest absolute Gasteiger partial charge is 0.493 e. The summed E-state index contributed by atoms with van der Waals surface area (Å²) >= 11 is 0. The predicted molar refractivity (Wildman–Crippen MR) is 133 cm³/mol. The topological polar surface area (TPSA) is 56.2 Å². The van der Waals surface area contributed by atoms with Crippen molar-refractivity contribution >= 4 is 16.9 Å². The van der Waals surface area contributed by atoms with Crippen LogP contribution in [-0.4, -0.2) is 28.6 Å². The van der Waals surface area contributed by atoms with Crippen molar-refractivity contribution in [2.45, 2.75) is 40.2 Å². The Bertz CT molecular complexity index is 1260. The van der Waals surface area contributed by atoms with Crippen LogP contribution < -0.4 is 10.1 Å². The summed E-state index contributed by atoms with van der Waals surface area (Å²) in [6.07, 6.45) is 1.54. The molecule has 33 heavy (non-hydrogen) atoms. The van der Waals surface area contributed by atoms with Gasteiger partial charge in [-0.15, -0.1) is 0 Å². The quantitative estimate of drug-likeness (QED) is 0.354. The first-order valence-electron chi connectivity index (χ1n) is 11.5. The van der Waals surface area contributed by atoms with Crippen molar-refractivity contribution in [2.24, 2.45) is 0 Å². The molecular formula is C28H31N3O2. The SMILES string of the molecule is Cc1ccccc1C(=O)NCCc1nc2ccccc2n1CCCOc1cccc(C)c1C. The summed E-state index contributed by atoms with van der Waals surface area (Å²) in [5, 5.41) is 3.04. The van der Waals surface area contributed by atoms with Crippen LogP contribution >= 0.6 is 0 Å². The van der Waals surface area contributed by atoms with Gasteiger partial charge in [0, 0.05) is 25.1 Å². The zero-order chi connectivity index (χ0) is 23.2. The number of para-hydroxylation sites is 2. The van der Waals surface area contributed by atoms with Crippen LogP contribution in [0.15, 0.2) is 66.7 Å². The summed E-state index contributed by atoms with van der Waals surface area (Å²) in [5.74, 6) is 1.88. The van der Waals surface area contributed by atoms with Gasteiger partial charge in [-0.1, -0.05) is 42.5 Å². The average molecular weight is 442 g/mol. The number of amides is 1. The van der Waals surface area contributed by atoms with Crippen LogP contribution in [0, 0.1) is 20.8 Å². The summed E-state index contributed by atoms with van der Waals surface area (Å²) in [7, 11) is 0. The number of fused-ring (bicyclic) bond motifs is 1. The van der Waals surface area contributed by atoms with Gasteiger partial charge >= 0.3 is 0 Å². The fraction of sp³-hybridized carbons (Fsp3) is 0.286. The highest BCUT2D eigenvalue weighted by atomic mass is 16.5. The normalized spacial score (nSPS) is 11.0. The van der Waals surface area contributed by atoms with Gasteiger partial charge in [-0.2, -0.15) is 0 Å². The van der Waals surface area contributed by atoms with Gasteiger partial charge in [-0.05, 0) is 68.1 Å². The molecule has 0 saturated heterocycles. The number of imidazole rings is 1. The van der Waals surface area contributed by atoms with Crippen LogP contribution in [0.5, 0.6) is 5.75 Å². The van der Waals surface area contributed by atoms with Crippen LogP contribution in [0.25, 0.3) is 11.0 Å². The minimum atomic E-state index is -0.0438. The Morgan fingerprint density at radius 1 is 0.939 bits per heavy atom. The highest BCUT2D eigenvalue weighted by Crippen LogP contribution is 2.21. The molecule has 1 aromatic heterocycles. The number of hydrogen-bond donors (Lipinski definition) is 1. The molecule has 170 valence electrons. The number of hydrogen-bond acceptors (Lipinski definition) is 3. The Labute approximate surface area is 195 Å². The number of benzene rings is 3. The van der Waals surface area contributed by atoms with Crippen molar-refractivity contribution < 1.29 is 9.53 Å². The predicted octanol–water partition coefficient (Wildman–Crippen LogP) is 5.40. The van der Waals surface area contributed by atoms with E-state index in [4.69, 9.17) is 9.72 Å². The third-order valence-electron chi connectivity index (χ3n) is 6.10. The third-order valence-corrected chi connectivity index (χ3v) is 6.10. The van der Waals surface area contributed by atoms with E-state index in [1.165, 1.54) is 11.1 Å². The van der Waals surface area contributed by atoms with Gasteiger partial charge < -0.3 is 14.6 Å². The second-order valence-electron chi connectivity index (χ2n) is 8.39. The number of ether oxygens (including phenoxy) is 1. The van der Waals surface area contributed by atoms with Gasteiger partial charge in [0.25, 0.3) is 5.91 Å². The fourth-order valence-electron chi connectivity index (χ4n) is 4.06. The zero-order valence-corrected chi connectivity index (χ0v) is 19.6. The number of rotatable bonds is 9. The third kappa shape index (κ3) is 5.25. The molecule has 0 saturated carbocycles. The Morgan fingerprint density at radius 3 is 2.55 bits per heavy atom. The molecule has 0 atom stereocenters. The number of aromatic nitrogens is 2. The molecule has 0 fully saturated rings. The summed E-state index contributed by atoms with van der Waals surface area (Å²) in [5.41, 5.74) is 6.22. The van der Waals surface area contributed by atoms with Crippen LogP contribution in [0.3, 0.4) is 0 Å². The number of carbonyl (C=O) groups excluding carboxylic acids is 1. The van der Waals surface area contributed by atoms with Gasteiger partial charge in [0.05, 0.1) is 17.6 Å². The molecule has 3 aromatic carbocycles. The summed E-state index contributed by atoms with van der Waals surface area (Å²) in [6.45, 7) is 8.14. The van der Waals surface area contributed by atoms with Gasteiger partial charge in [-0.3, -0.25) is 4.79 Å². The lowest BCUT2D eigenvalue weighted by Crippen LogP contribution is -2.27. The van der Waals surface area contributed by atoms with Crippen LogP contribution in [0.2, 0.25) is 0 Å². The number of carbonyl (C=O) groups is 1. The van der Waals surface area contributed by atoms with Crippen LogP contribution in [-0.2, 0) is 13.0 Å². The van der Waals surface area contributed by atoms with Gasteiger partial charge in [0.15, 0.2) is 0 Å². The second-order valence-corrected chi connectivity index (χ2v) is 8.39. The van der Waals surface area contributed by atoms with Crippen LogP contribution in [0.1, 0.15) is 39.3 Å². The van der Waals surface area contributed by atoms with Gasteiger partial charge in [0.1, 0.15) is 11.6 Å². The lowest BCUT2D eigenvalue weighted by molar-refractivity contribution is 0.0953. The molecule has 4 aromatic rings. The Kier molecular flexibility index (Phi) is 7.08. The Morgan fingerprint density at radius 2 is 1.70 bits per heavy atom. The molecule has 5 nitrogen and oxygen atoms in total. The number of aryl methyl sites for hydroxylation is 3. The second kappa shape index (κ2) is 10.3. The van der Waals surface area contributed by atoms with Crippen molar-refractivity contribution in [3.8, 4) is 5.75 Å². The first kappa shape index (κ1) is 22.6. The summed E-state index contributed by atoms with van der Waals surface area (Å²) in [6, 6.07) is 22.0. The van der Waals surface area contributed by atoms with Crippen LogP contribution in [0.4, 0.5) is 0 Å². The maximum Gasteiger partial charge on any atom is 0.251 e. The van der Waals surface area contributed by atoms with E-state index in [9.17, 15) is 4.79 Å². The number of nitrogens with one attached hydrogen (secondary N) is 1. The zero-order valence-electron chi connectivity index (χ0n) is 19.6. The molecule has 1 amide bonds. The highest BCUT2D eigenvalue weighted by Gasteiger charge is 2.12. The molecule has 0 aliphatic carbocycles. The molecule has 0 radical (unpaired) electrons. The Hall–Kier alpha value is -3.60.